The van der Waals surface area contributed by atoms with Gasteiger partial charge in [0.05, 0.1) is 11.3 Å². The van der Waals surface area contributed by atoms with Crippen LogP contribution in [0, 0.1) is 6.92 Å². The summed E-state index contributed by atoms with van der Waals surface area (Å²) < 4.78 is 39.1. The average molecular weight is 255 g/mol. The molecule has 6 heteroatoms. The van der Waals surface area contributed by atoms with Crippen molar-refractivity contribution in [2.24, 2.45) is 7.05 Å². The highest BCUT2D eigenvalue weighted by atomic mass is 19.4. The van der Waals surface area contributed by atoms with Crippen LogP contribution in [0.3, 0.4) is 0 Å². The summed E-state index contributed by atoms with van der Waals surface area (Å²) in [6, 6.07) is 5.21. The fraction of sp³-hybridized carbons (Fsp3) is 0.250. The van der Waals surface area contributed by atoms with Gasteiger partial charge in [-0.15, -0.1) is 0 Å². The number of aryl methyl sites for hydroxylation is 2. The average Bonchev–Trinajstić information content (AvgIpc) is 2.57. The number of hydrogen-bond acceptors (Lipinski definition) is 2. The summed E-state index contributed by atoms with van der Waals surface area (Å²) in [6.07, 6.45) is -4.33. The number of anilines is 1. The van der Waals surface area contributed by atoms with E-state index in [0.29, 0.717) is 22.6 Å². The fourth-order valence-electron chi connectivity index (χ4n) is 1.74. The lowest BCUT2D eigenvalue weighted by molar-refractivity contribution is -0.137. The number of benzene rings is 1. The fourth-order valence-corrected chi connectivity index (χ4v) is 1.74. The van der Waals surface area contributed by atoms with E-state index in [-0.39, 0.29) is 0 Å². The molecular formula is C12H12F3N3. The third-order valence-electron chi connectivity index (χ3n) is 2.75. The molecule has 0 fully saturated rings. The second-order valence-electron chi connectivity index (χ2n) is 4.11. The normalized spacial score (nSPS) is 11.8. The van der Waals surface area contributed by atoms with Gasteiger partial charge in [-0.25, -0.2) is 0 Å². The summed E-state index contributed by atoms with van der Waals surface area (Å²) in [6.45, 7) is 1.62. The van der Waals surface area contributed by atoms with Crippen LogP contribution in [0.2, 0.25) is 0 Å². The first-order valence-corrected chi connectivity index (χ1v) is 5.27. The molecule has 0 radical (unpaired) electrons. The van der Waals surface area contributed by atoms with Crippen LogP contribution in [0.25, 0.3) is 11.3 Å². The topological polar surface area (TPSA) is 43.8 Å². The van der Waals surface area contributed by atoms with E-state index in [4.69, 9.17) is 5.73 Å². The highest BCUT2D eigenvalue weighted by molar-refractivity contribution is 5.66. The maximum absolute atomic E-state index is 12.5. The van der Waals surface area contributed by atoms with Crippen LogP contribution in [0.4, 0.5) is 19.0 Å². The van der Waals surface area contributed by atoms with Crippen molar-refractivity contribution >= 4 is 5.82 Å². The van der Waals surface area contributed by atoms with Gasteiger partial charge in [0.2, 0.25) is 0 Å². The van der Waals surface area contributed by atoms with Crippen LogP contribution in [0.15, 0.2) is 24.3 Å². The smallest absolute Gasteiger partial charge is 0.384 e. The zero-order valence-electron chi connectivity index (χ0n) is 9.92. The van der Waals surface area contributed by atoms with Crippen LogP contribution in [0.1, 0.15) is 11.1 Å². The summed E-state index contributed by atoms with van der Waals surface area (Å²) in [7, 11) is 1.68. The van der Waals surface area contributed by atoms with Crippen LogP contribution >= 0.6 is 0 Å². The van der Waals surface area contributed by atoms with Gasteiger partial charge in [-0.3, -0.25) is 4.68 Å². The number of nitrogen functional groups attached to an aromatic ring is 1. The first-order chi connectivity index (χ1) is 8.29. The van der Waals surface area contributed by atoms with Crippen LogP contribution in [-0.2, 0) is 13.2 Å². The SMILES string of the molecule is Cc1cc(C(F)(F)F)ccc1-c1cc(N)n(C)n1. The molecule has 18 heavy (non-hydrogen) atoms. The Bertz CT molecular complexity index is 565. The number of aromatic nitrogens is 2. The maximum atomic E-state index is 12.5. The van der Waals surface area contributed by atoms with Crippen molar-refractivity contribution in [2.45, 2.75) is 13.1 Å². The quantitative estimate of drug-likeness (QED) is 0.851. The summed E-state index contributed by atoms with van der Waals surface area (Å²) in [5.74, 6) is 0.462. The Labute approximate surface area is 102 Å². The molecule has 0 atom stereocenters. The minimum atomic E-state index is -4.33. The van der Waals surface area contributed by atoms with Crippen molar-refractivity contribution in [2.75, 3.05) is 5.73 Å². The van der Waals surface area contributed by atoms with E-state index in [2.05, 4.69) is 5.10 Å². The lowest BCUT2D eigenvalue weighted by Gasteiger charge is -2.09. The molecule has 2 rings (SSSR count). The van der Waals surface area contributed by atoms with Crippen molar-refractivity contribution in [3.05, 3.63) is 35.4 Å². The Morgan fingerprint density at radius 2 is 1.89 bits per heavy atom. The monoisotopic (exact) mass is 255 g/mol. The molecule has 1 aromatic carbocycles. The highest BCUT2D eigenvalue weighted by Crippen LogP contribution is 2.33. The molecule has 2 aromatic rings. The van der Waals surface area contributed by atoms with Gasteiger partial charge < -0.3 is 5.73 Å². The van der Waals surface area contributed by atoms with Crippen molar-refractivity contribution in [1.29, 1.82) is 0 Å². The highest BCUT2D eigenvalue weighted by Gasteiger charge is 2.30. The summed E-state index contributed by atoms with van der Waals surface area (Å²) in [4.78, 5) is 0. The van der Waals surface area contributed by atoms with Gasteiger partial charge in [-0.2, -0.15) is 18.3 Å². The molecule has 2 N–H and O–H groups in total. The van der Waals surface area contributed by atoms with Gasteiger partial charge in [0.25, 0.3) is 0 Å². The number of nitrogens with zero attached hydrogens (tertiary/aromatic N) is 2. The van der Waals surface area contributed by atoms with Crippen LogP contribution in [0.5, 0.6) is 0 Å². The molecule has 0 bridgehead atoms. The van der Waals surface area contributed by atoms with Crippen molar-refractivity contribution in [3.8, 4) is 11.3 Å². The molecule has 1 aromatic heterocycles. The minimum Gasteiger partial charge on any atom is -0.384 e. The van der Waals surface area contributed by atoms with E-state index in [0.717, 1.165) is 12.1 Å². The van der Waals surface area contributed by atoms with E-state index < -0.39 is 11.7 Å². The second kappa shape index (κ2) is 4.04. The largest absolute Gasteiger partial charge is 0.416 e. The van der Waals surface area contributed by atoms with Crippen LogP contribution in [-0.4, -0.2) is 9.78 Å². The van der Waals surface area contributed by atoms with Gasteiger partial charge >= 0.3 is 6.18 Å². The molecule has 0 aliphatic heterocycles. The Hall–Kier alpha value is -1.98. The number of rotatable bonds is 1. The Morgan fingerprint density at radius 1 is 1.22 bits per heavy atom. The second-order valence-corrected chi connectivity index (χ2v) is 4.11. The predicted octanol–water partition coefficient (Wildman–Crippen LogP) is 3.00. The summed E-state index contributed by atoms with van der Waals surface area (Å²) in [5.41, 5.74) is 6.72. The molecule has 0 aliphatic rings. The van der Waals surface area contributed by atoms with Crippen molar-refractivity contribution in [3.63, 3.8) is 0 Å². The van der Waals surface area contributed by atoms with Gasteiger partial charge in [0.1, 0.15) is 5.82 Å². The van der Waals surface area contributed by atoms with E-state index >= 15 is 0 Å². The number of hydrogen-bond donors (Lipinski definition) is 1. The predicted molar refractivity (Wildman–Crippen MR) is 62.8 cm³/mol. The van der Waals surface area contributed by atoms with Gasteiger partial charge in [0, 0.05) is 18.7 Å². The van der Waals surface area contributed by atoms with E-state index in [9.17, 15) is 13.2 Å². The first kappa shape index (κ1) is 12.5. The summed E-state index contributed by atoms with van der Waals surface area (Å²) >= 11 is 0. The molecule has 0 aliphatic carbocycles. The molecule has 0 saturated carbocycles. The summed E-state index contributed by atoms with van der Waals surface area (Å²) in [5, 5.41) is 4.14. The Morgan fingerprint density at radius 3 is 2.33 bits per heavy atom. The Kier molecular flexibility index (Phi) is 2.80. The molecule has 0 saturated heterocycles. The minimum absolute atomic E-state index is 0.462. The van der Waals surface area contributed by atoms with Gasteiger partial charge in [0.15, 0.2) is 0 Å². The third kappa shape index (κ3) is 2.18. The first-order valence-electron chi connectivity index (χ1n) is 5.27. The molecule has 0 spiro atoms. The standard InChI is InChI=1S/C12H12F3N3/c1-7-5-8(12(13,14)15)3-4-9(7)10-6-11(16)18(2)17-10/h3-6H,16H2,1-2H3. The van der Waals surface area contributed by atoms with Crippen molar-refractivity contribution < 1.29 is 13.2 Å². The molecular weight excluding hydrogens is 243 g/mol. The van der Waals surface area contributed by atoms with E-state index in [1.807, 2.05) is 0 Å². The molecule has 96 valence electrons. The molecule has 0 amide bonds. The third-order valence-corrected chi connectivity index (χ3v) is 2.75. The van der Waals surface area contributed by atoms with E-state index in [1.165, 1.54) is 10.7 Å². The van der Waals surface area contributed by atoms with Crippen molar-refractivity contribution in [1.82, 2.24) is 9.78 Å². The lowest BCUT2D eigenvalue weighted by atomic mass is 10.0. The molecule has 0 unspecified atom stereocenters. The number of halogens is 3. The maximum Gasteiger partial charge on any atom is 0.416 e. The Balaban J connectivity index is 2.48. The van der Waals surface area contributed by atoms with Gasteiger partial charge in [-0.05, 0) is 24.6 Å². The van der Waals surface area contributed by atoms with Gasteiger partial charge in [-0.1, -0.05) is 6.07 Å². The van der Waals surface area contributed by atoms with E-state index in [1.54, 1.807) is 20.0 Å². The number of nitrogens with two attached hydrogens (primary N) is 1. The zero-order chi connectivity index (χ0) is 13.5. The molecule has 1 heterocycles. The zero-order valence-corrected chi connectivity index (χ0v) is 9.92. The van der Waals surface area contributed by atoms with Crippen LogP contribution < -0.4 is 5.73 Å². The number of alkyl halides is 3. The lowest BCUT2D eigenvalue weighted by Crippen LogP contribution is -2.05. The molecule has 3 nitrogen and oxygen atoms in total.